The summed E-state index contributed by atoms with van der Waals surface area (Å²) in [5.74, 6) is 0.587. The van der Waals surface area contributed by atoms with Crippen molar-refractivity contribution in [2.75, 3.05) is 0 Å². The molecule has 0 spiro atoms. The van der Waals surface area contributed by atoms with Gasteiger partial charge in [-0.05, 0) is 16.9 Å². The molecule has 0 amide bonds. The molecule has 0 aliphatic carbocycles. The summed E-state index contributed by atoms with van der Waals surface area (Å²) in [7, 11) is 0. The lowest BCUT2D eigenvalue weighted by atomic mass is 10.2. The van der Waals surface area contributed by atoms with Gasteiger partial charge in [0.15, 0.2) is 5.82 Å². The number of nitrogens with one attached hydrogen (secondary N) is 1. The molecule has 1 N–H and O–H groups in total. The number of benzene rings is 1. The second-order valence-corrected chi connectivity index (χ2v) is 2.51. The molecule has 1 heterocycles. The van der Waals surface area contributed by atoms with Crippen LogP contribution < -0.4 is 0 Å². The van der Waals surface area contributed by atoms with E-state index in [0.29, 0.717) is 5.82 Å². The highest BCUT2D eigenvalue weighted by molar-refractivity contribution is 5.65. The molecule has 0 radical (unpaired) electrons. The lowest BCUT2D eigenvalue weighted by Crippen LogP contribution is -1.74. The smallest absolute Gasteiger partial charge is 0.177 e. The third-order valence-corrected chi connectivity index (χ3v) is 1.59. The van der Waals surface area contributed by atoms with Crippen LogP contribution in [-0.2, 0) is 0 Å². The summed E-state index contributed by atoms with van der Waals surface area (Å²) in [4.78, 5) is 0. The van der Waals surface area contributed by atoms with Gasteiger partial charge in [-0.25, -0.2) is 0 Å². The molecule has 0 fully saturated rings. The molecule has 4 heteroatoms. The molecule has 0 aliphatic heterocycles. The second kappa shape index (κ2) is 3.62. The van der Waals surface area contributed by atoms with Crippen molar-refractivity contribution in [3.8, 4) is 0 Å². The minimum atomic E-state index is 0.587. The van der Waals surface area contributed by atoms with E-state index in [-0.39, 0.29) is 0 Å². The summed E-state index contributed by atoms with van der Waals surface area (Å²) in [5.41, 5.74) is 1.12. The summed E-state index contributed by atoms with van der Waals surface area (Å²) in [6, 6.07) is 9.96. The van der Waals surface area contributed by atoms with E-state index in [1.165, 1.54) is 0 Å². The zero-order valence-corrected chi connectivity index (χ0v) is 6.88. The maximum atomic E-state index is 3.80. The summed E-state index contributed by atoms with van der Waals surface area (Å²) in [6.45, 7) is 0. The van der Waals surface area contributed by atoms with E-state index in [2.05, 4.69) is 20.6 Å². The monoisotopic (exact) mass is 172 g/mol. The van der Waals surface area contributed by atoms with Crippen molar-refractivity contribution in [3.63, 3.8) is 0 Å². The quantitative estimate of drug-likeness (QED) is 0.744. The number of nitrogens with zero attached hydrogens (tertiary/aromatic N) is 3. The Morgan fingerprint density at radius 3 is 2.62 bits per heavy atom. The van der Waals surface area contributed by atoms with Gasteiger partial charge in [0.25, 0.3) is 0 Å². The molecule has 1 aromatic carbocycles. The Kier molecular flexibility index (Phi) is 2.14. The molecule has 4 nitrogen and oxygen atoms in total. The first-order valence-electron chi connectivity index (χ1n) is 3.92. The van der Waals surface area contributed by atoms with Crippen molar-refractivity contribution in [1.29, 1.82) is 0 Å². The van der Waals surface area contributed by atoms with Gasteiger partial charge in [-0.3, -0.25) is 0 Å². The van der Waals surface area contributed by atoms with Crippen LogP contribution in [0.3, 0.4) is 0 Å². The van der Waals surface area contributed by atoms with E-state index in [1.807, 2.05) is 36.4 Å². The summed E-state index contributed by atoms with van der Waals surface area (Å²) < 4.78 is 0. The third kappa shape index (κ3) is 1.99. The van der Waals surface area contributed by atoms with Gasteiger partial charge in [0.2, 0.25) is 0 Å². The van der Waals surface area contributed by atoms with Crippen molar-refractivity contribution >= 4 is 12.2 Å². The van der Waals surface area contributed by atoms with Crippen molar-refractivity contribution in [1.82, 2.24) is 20.6 Å². The molecule has 1 aromatic heterocycles. The highest BCUT2D eigenvalue weighted by atomic mass is 15.5. The van der Waals surface area contributed by atoms with E-state index >= 15 is 0 Å². The molecule has 2 rings (SSSR count). The van der Waals surface area contributed by atoms with E-state index in [1.54, 1.807) is 6.08 Å². The van der Waals surface area contributed by atoms with Crippen LogP contribution in [0.1, 0.15) is 11.4 Å². The number of H-pyrrole nitrogens is 1. The number of rotatable bonds is 2. The van der Waals surface area contributed by atoms with Crippen LogP contribution in [0.5, 0.6) is 0 Å². The predicted octanol–water partition coefficient (Wildman–Crippen LogP) is 1.37. The Balaban J connectivity index is 2.15. The first-order chi connectivity index (χ1) is 6.45. The Morgan fingerprint density at radius 1 is 1.08 bits per heavy atom. The van der Waals surface area contributed by atoms with Crippen LogP contribution in [-0.4, -0.2) is 20.6 Å². The zero-order chi connectivity index (χ0) is 8.93. The van der Waals surface area contributed by atoms with Crippen LogP contribution >= 0.6 is 0 Å². The summed E-state index contributed by atoms with van der Waals surface area (Å²) in [6.07, 6.45) is 3.74. The van der Waals surface area contributed by atoms with Gasteiger partial charge in [0.05, 0.1) is 0 Å². The third-order valence-electron chi connectivity index (χ3n) is 1.59. The average molecular weight is 172 g/mol. The first kappa shape index (κ1) is 7.67. The number of tetrazole rings is 1. The Bertz CT molecular complexity index is 377. The minimum absolute atomic E-state index is 0.587. The molecule has 13 heavy (non-hydrogen) atoms. The van der Waals surface area contributed by atoms with Gasteiger partial charge >= 0.3 is 0 Å². The molecule has 0 unspecified atom stereocenters. The van der Waals surface area contributed by atoms with Crippen LogP contribution in [0.4, 0.5) is 0 Å². The Morgan fingerprint density at radius 2 is 1.92 bits per heavy atom. The average Bonchev–Trinajstić information content (AvgIpc) is 2.69. The van der Waals surface area contributed by atoms with E-state index in [4.69, 9.17) is 0 Å². The zero-order valence-electron chi connectivity index (χ0n) is 6.88. The molecule has 64 valence electrons. The summed E-state index contributed by atoms with van der Waals surface area (Å²) >= 11 is 0. The van der Waals surface area contributed by atoms with E-state index < -0.39 is 0 Å². The van der Waals surface area contributed by atoms with Gasteiger partial charge in [-0.1, -0.05) is 36.4 Å². The van der Waals surface area contributed by atoms with Crippen molar-refractivity contribution in [3.05, 3.63) is 41.7 Å². The fraction of sp³-hybridized carbons (Fsp3) is 0. The maximum absolute atomic E-state index is 3.80. The molecule has 2 aromatic rings. The predicted molar refractivity (Wildman–Crippen MR) is 49.5 cm³/mol. The normalized spacial score (nSPS) is 10.8. The Hall–Kier alpha value is -1.97. The van der Waals surface area contributed by atoms with Crippen molar-refractivity contribution < 1.29 is 0 Å². The second-order valence-electron chi connectivity index (χ2n) is 2.51. The maximum Gasteiger partial charge on any atom is 0.197 e. The van der Waals surface area contributed by atoms with Crippen LogP contribution in [0.15, 0.2) is 30.3 Å². The fourth-order valence-corrected chi connectivity index (χ4v) is 0.975. The molecule has 0 saturated carbocycles. The van der Waals surface area contributed by atoms with Crippen LogP contribution in [0.2, 0.25) is 0 Å². The minimum Gasteiger partial charge on any atom is -0.177 e. The molecular formula is C9H8N4. The molecular weight excluding hydrogens is 164 g/mol. The van der Waals surface area contributed by atoms with Gasteiger partial charge in [0.1, 0.15) is 0 Å². The Labute approximate surface area is 75.3 Å². The van der Waals surface area contributed by atoms with Gasteiger partial charge in [-0.15, -0.1) is 10.2 Å². The molecule has 0 aliphatic rings. The number of aromatic amines is 1. The fourth-order valence-electron chi connectivity index (χ4n) is 0.975. The van der Waals surface area contributed by atoms with Gasteiger partial charge in [0, 0.05) is 0 Å². The summed E-state index contributed by atoms with van der Waals surface area (Å²) in [5, 5.41) is 13.4. The van der Waals surface area contributed by atoms with Crippen molar-refractivity contribution in [2.24, 2.45) is 0 Å². The number of aromatic nitrogens is 4. The van der Waals surface area contributed by atoms with Gasteiger partial charge < -0.3 is 0 Å². The van der Waals surface area contributed by atoms with Crippen LogP contribution in [0.25, 0.3) is 12.2 Å². The van der Waals surface area contributed by atoms with E-state index in [0.717, 1.165) is 5.56 Å². The standard InChI is InChI=1S/C9H8N4/c1-2-4-8(5-3-1)6-7-9-10-12-13-11-9/h1-7H,(H,10,11,12,13)/b7-6-. The highest BCUT2D eigenvalue weighted by Crippen LogP contribution is 2.02. The van der Waals surface area contributed by atoms with Crippen molar-refractivity contribution in [2.45, 2.75) is 0 Å². The largest absolute Gasteiger partial charge is 0.197 e. The van der Waals surface area contributed by atoms with Crippen LogP contribution in [0, 0.1) is 0 Å². The number of hydrogen-bond donors (Lipinski definition) is 1. The number of hydrogen-bond acceptors (Lipinski definition) is 3. The molecule has 0 bridgehead atoms. The topological polar surface area (TPSA) is 54.5 Å². The highest BCUT2D eigenvalue weighted by Gasteiger charge is 1.89. The van der Waals surface area contributed by atoms with Gasteiger partial charge in [-0.2, -0.15) is 5.21 Å². The molecule has 0 atom stereocenters. The SMILES string of the molecule is C(=C/c1nn[nH]n1)/c1ccccc1. The molecule has 0 saturated heterocycles. The lowest BCUT2D eigenvalue weighted by Gasteiger charge is -1.88. The van der Waals surface area contributed by atoms with E-state index in [9.17, 15) is 0 Å². The first-order valence-corrected chi connectivity index (χ1v) is 3.92. The lowest BCUT2D eigenvalue weighted by molar-refractivity contribution is 0.881.